The lowest BCUT2D eigenvalue weighted by atomic mass is 10.4. The molecule has 2 aromatic rings. The van der Waals surface area contributed by atoms with Crippen molar-refractivity contribution in [2.45, 2.75) is 37.5 Å². The maximum atomic E-state index is 12.0. The van der Waals surface area contributed by atoms with Gasteiger partial charge in [-0.1, -0.05) is 64.1 Å². The summed E-state index contributed by atoms with van der Waals surface area (Å²) in [7, 11) is -1.05. The Labute approximate surface area is 113 Å². The monoisotopic (exact) mass is 262 g/mol. The summed E-state index contributed by atoms with van der Waals surface area (Å²) in [5, 5.41) is 0. The Morgan fingerprint density at radius 2 is 0.889 bits per heavy atom. The molecule has 2 rings (SSSR count). The van der Waals surface area contributed by atoms with E-state index in [0.29, 0.717) is 0 Å². The van der Waals surface area contributed by atoms with E-state index in [1.54, 1.807) is 0 Å². The van der Waals surface area contributed by atoms with Crippen molar-refractivity contribution in [2.75, 3.05) is 0 Å². The van der Waals surface area contributed by atoms with E-state index in [4.69, 9.17) is 0 Å². The molecule has 0 bridgehead atoms. The van der Waals surface area contributed by atoms with E-state index in [-0.39, 0.29) is 0 Å². The summed E-state index contributed by atoms with van der Waals surface area (Å²) < 4.78 is 12.0. The van der Waals surface area contributed by atoms with Crippen molar-refractivity contribution in [2.24, 2.45) is 0 Å². The maximum Gasteiger partial charge on any atom is 0.0849 e. The highest BCUT2D eigenvalue weighted by Crippen LogP contribution is 2.14. The second-order valence-corrected chi connectivity index (χ2v) is 4.38. The third-order valence-electron chi connectivity index (χ3n) is 1.91. The van der Waals surface area contributed by atoms with Crippen LogP contribution in [-0.2, 0) is 10.8 Å². The Balaban J connectivity index is 0.000000659. The number of benzene rings is 2. The third-order valence-corrected chi connectivity index (χ3v) is 3.32. The predicted octanol–water partition coefficient (Wildman–Crippen LogP) is 4.91. The second-order valence-electron chi connectivity index (χ2n) is 2.89. The summed E-state index contributed by atoms with van der Waals surface area (Å²) in [5.41, 5.74) is 0. The second kappa shape index (κ2) is 10.7. The molecule has 0 fully saturated rings. The van der Waals surface area contributed by atoms with Gasteiger partial charge in [-0.3, -0.25) is 0 Å². The van der Waals surface area contributed by atoms with E-state index in [1.807, 2.05) is 88.4 Å². The topological polar surface area (TPSA) is 17.1 Å². The molecular weight excluding hydrogens is 240 g/mol. The molecule has 2 aromatic carbocycles. The summed E-state index contributed by atoms with van der Waals surface area (Å²) in [4.78, 5) is 1.69. The average molecular weight is 262 g/mol. The highest BCUT2D eigenvalue weighted by Gasteiger charge is 2.04. The van der Waals surface area contributed by atoms with E-state index < -0.39 is 10.8 Å². The lowest BCUT2D eigenvalue weighted by molar-refractivity contribution is 0.683. The third kappa shape index (κ3) is 5.28. The molecule has 2 heteroatoms. The Hall–Kier alpha value is -1.41. The minimum atomic E-state index is -1.05. The summed E-state index contributed by atoms with van der Waals surface area (Å²) >= 11 is 0. The molecule has 0 N–H and O–H groups in total. The highest BCUT2D eigenvalue weighted by atomic mass is 32.2. The minimum Gasteiger partial charge on any atom is -0.249 e. The van der Waals surface area contributed by atoms with E-state index in [1.165, 1.54) is 0 Å². The Morgan fingerprint density at radius 3 is 1.17 bits per heavy atom. The summed E-state index contributed by atoms with van der Waals surface area (Å²) in [6.07, 6.45) is 0. The SMILES string of the molecule is CC.CC.O=S(c1ccccc1)c1ccccc1. The van der Waals surface area contributed by atoms with Gasteiger partial charge in [-0.05, 0) is 24.3 Å². The van der Waals surface area contributed by atoms with E-state index in [2.05, 4.69) is 0 Å². The van der Waals surface area contributed by atoms with Crippen molar-refractivity contribution in [3.63, 3.8) is 0 Å². The average Bonchev–Trinajstić information content (AvgIpc) is 2.52. The van der Waals surface area contributed by atoms with Crippen molar-refractivity contribution >= 4 is 10.8 Å². The summed E-state index contributed by atoms with van der Waals surface area (Å²) in [6, 6.07) is 19.0. The Kier molecular flexibility index (Phi) is 9.89. The summed E-state index contributed by atoms with van der Waals surface area (Å²) in [6.45, 7) is 8.00. The molecule has 0 aliphatic rings. The molecule has 0 saturated carbocycles. The first kappa shape index (κ1) is 16.6. The first-order chi connectivity index (χ1) is 8.88. The molecule has 0 spiro atoms. The van der Waals surface area contributed by atoms with Crippen molar-refractivity contribution < 1.29 is 4.21 Å². The molecule has 0 atom stereocenters. The lowest BCUT2D eigenvalue weighted by Gasteiger charge is -2.00. The molecule has 98 valence electrons. The van der Waals surface area contributed by atoms with Crippen LogP contribution >= 0.6 is 0 Å². The minimum absolute atomic E-state index is 0.846. The van der Waals surface area contributed by atoms with Gasteiger partial charge in [-0.25, -0.2) is 4.21 Å². The summed E-state index contributed by atoms with van der Waals surface area (Å²) in [5.74, 6) is 0. The molecule has 0 radical (unpaired) electrons. The highest BCUT2D eigenvalue weighted by molar-refractivity contribution is 7.85. The van der Waals surface area contributed by atoms with Crippen molar-refractivity contribution in [3.05, 3.63) is 60.7 Å². The molecule has 0 unspecified atom stereocenters. The van der Waals surface area contributed by atoms with Gasteiger partial charge < -0.3 is 0 Å². The number of hydrogen-bond donors (Lipinski definition) is 0. The molecule has 0 amide bonds. The van der Waals surface area contributed by atoms with Gasteiger partial charge in [-0.15, -0.1) is 0 Å². The molecule has 1 nitrogen and oxygen atoms in total. The van der Waals surface area contributed by atoms with Crippen molar-refractivity contribution in [1.29, 1.82) is 0 Å². The number of hydrogen-bond acceptors (Lipinski definition) is 1. The van der Waals surface area contributed by atoms with Gasteiger partial charge in [0.25, 0.3) is 0 Å². The van der Waals surface area contributed by atoms with Crippen LogP contribution in [0.15, 0.2) is 70.5 Å². The fourth-order valence-electron chi connectivity index (χ4n) is 1.22. The van der Waals surface area contributed by atoms with Crippen LogP contribution in [0.25, 0.3) is 0 Å². The van der Waals surface area contributed by atoms with Crippen LogP contribution in [-0.4, -0.2) is 4.21 Å². The molecule has 0 aliphatic heterocycles. The molecule has 0 heterocycles. The fraction of sp³-hybridized carbons (Fsp3) is 0.250. The zero-order valence-electron chi connectivity index (χ0n) is 11.6. The van der Waals surface area contributed by atoms with Crippen LogP contribution in [0.3, 0.4) is 0 Å². The van der Waals surface area contributed by atoms with Crippen LogP contribution < -0.4 is 0 Å². The first-order valence-corrected chi connectivity index (χ1v) is 7.55. The van der Waals surface area contributed by atoms with Crippen LogP contribution in [0.1, 0.15) is 27.7 Å². The van der Waals surface area contributed by atoms with Crippen LogP contribution in [0.2, 0.25) is 0 Å². The quantitative estimate of drug-likeness (QED) is 0.752. The molecule has 0 aromatic heterocycles. The maximum absolute atomic E-state index is 12.0. The van der Waals surface area contributed by atoms with Crippen LogP contribution in [0, 0.1) is 0 Å². The molecule has 0 aliphatic carbocycles. The number of rotatable bonds is 2. The molecule has 0 saturated heterocycles. The van der Waals surface area contributed by atoms with Crippen molar-refractivity contribution in [1.82, 2.24) is 0 Å². The van der Waals surface area contributed by atoms with Gasteiger partial charge >= 0.3 is 0 Å². The van der Waals surface area contributed by atoms with E-state index >= 15 is 0 Å². The van der Waals surface area contributed by atoms with Gasteiger partial charge in [-0.2, -0.15) is 0 Å². The van der Waals surface area contributed by atoms with Gasteiger partial charge in [0.2, 0.25) is 0 Å². The van der Waals surface area contributed by atoms with E-state index in [0.717, 1.165) is 9.79 Å². The standard InChI is InChI=1S/C12H10OS.2C2H6/c13-14(11-7-3-1-4-8-11)12-9-5-2-6-10-12;2*1-2/h1-10H;2*1-2H3. The Bertz CT molecular complexity index is 382. The fourth-order valence-corrected chi connectivity index (χ4v) is 2.31. The van der Waals surface area contributed by atoms with Gasteiger partial charge in [0, 0.05) is 9.79 Å². The lowest BCUT2D eigenvalue weighted by Crippen LogP contribution is -1.91. The zero-order valence-corrected chi connectivity index (χ0v) is 12.4. The van der Waals surface area contributed by atoms with Crippen molar-refractivity contribution in [3.8, 4) is 0 Å². The van der Waals surface area contributed by atoms with Gasteiger partial charge in [0.05, 0.1) is 10.8 Å². The zero-order chi connectivity index (χ0) is 13.8. The van der Waals surface area contributed by atoms with E-state index in [9.17, 15) is 4.21 Å². The van der Waals surface area contributed by atoms with Gasteiger partial charge in [0.15, 0.2) is 0 Å². The first-order valence-electron chi connectivity index (χ1n) is 6.40. The largest absolute Gasteiger partial charge is 0.249 e. The van der Waals surface area contributed by atoms with Gasteiger partial charge in [0.1, 0.15) is 0 Å². The molecular formula is C16H22OS. The normalized spacial score (nSPS) is 8.72. The molecule has 18 heavy (non-hydrogen) atoms. The Morgan fingerprint density at radius 1 is 0.611 bits per heavy atom. The van der Waals surface area contributed by atoms with Crippen LogP contribution in [0.4, 0.5) is 0 Å². The predicted molar refractivity (Wildman–Crippen MR) is 80.3 cm³/mol. The van der Waals surface area contributed by atoms with Crippen LogP contribution in [0.5, 0.6) is 0 Å². The smallest absolute Gasteiger partial charge is 0.0849 e.